The fraction of sp³-hybridized carbons (Fsp3) is 0.600. The van der Waals surface area contributed by atoms with E-state index in [9.17, 15) is 8.42 Å². The van der Waals surface area contributed by atoms with E-state index >= 15 is 0 Å². The van der Waals surface area contributed by atoms with Gasteiger partial charge in [0.15, 0.2) is 0 Å². The lowest BCUT2D eigenvalue weighted by molar-refractivity contribution is 0.357. The van der Waals surface area contributed by atoms with Crippen molar-refractivity contribution in [2.45, 2.75) is 18.9 Å². The number of aromatic nitrogens is 2. The predicted octanol–water partition coefficient (Wildman–Crippen LogP) is 1.18. The molecule has 100 valence electrons. The van der Waals surface area contributed by atoms with Gasteiger partial charge in [0.2, 0.25) is 0 Å². The van der Waals surface area contributed by atoms with Crippen molar-refractivity contribution in [1.29, 1.82) is 0 Å². The molecule has 1 aromatic heterocycles. The second kappa shape index (κ2) is 5.20. The van der Waals surface area contributed by atoms with Crippen molar-refractivity contribution in [3.05, 3.63) is 22.7 Å². The lowest BCUT2D eigenvalue weighted by Gasteiger charge is -2.26. The van der Waals surface area contributed by atoms with E-state index in [-0.39, 0.29) is 6.04 Å². The molecule has 1 aromatic rings. The minimum atomic E-state index is -3.40. The van der Waals surface area contributed by atoms with E-state index in [1.807, 2.05) is 0 Å². The summed E-state index contributed by atoms with van der Waals surface area (Å²) in [4.78, 5) is 8.35. The molecule has 1 atom stereocenters. The van der Waals surface area contributed by atoms with Crippen LogP contribution in [0.4, 0.5) is 0 Å². The van der Waals surface area contributed by atoms with Crippen molar-refractivity contribution >= 4 is 26.1 Å². The summed E-state index contributed by atoms with van der Waals surface area (Å²) in [5, 5.41) is 0. The summed E-state index contributed by atoms with van der Waals surface area (Å²) in [6.45, 7) is 0.531. The van der Waals surface area contributed by atoms with Crippen LogP contribution in [0.1, 0.15) is 24.6 Å². The summed E-state index contributed by atoms with van der Waals surface area (Å²) in [5.74, 6) is 0. The fourth-order valence-corrected chi connectivity index (χ4v) is 3.54. The third-order valence-electron chi connectivity index (χ3n) is 2.94. The standard InChI is InChI=1S/C10H15BrN4O2S/c1-14(2)18(16,17)15-5-3-4-9(15)8-6-13-10(11)7-12-8/h6-7,9H,3-5H2,1-2H3/t9-/m1/s1. The molecular weight excluding hydrogens is 320 g/mol. The zero-order valence-electron chi connectivity index (χ0n) is 10.2. The molecule has 0 aliphatic carbocycles. The first-order valence-electron chi connectivity index (χ1n) is 5.59. The molecule has 18 heavy (non-hydrogen) atoms. The van der Waals surface area contributed by atoms with Gasteiger partial charge in [0.1, 0.15) is 4.60 Å². The summed E-state index contributed by atoms with van der Waals surface area (Å²) in [5.41, 5.74) is 0.695. The molecule has 0 radical (unpaired) electrons. The smallest absolute Gasteiger partial charge is 0.255 e. The lowest BCUT2D eigenvalue weighted by Crippen LogP contribution is -2.39. The van der Waals surface area contributed by atoms with E-state index < -0.39 is 10.2 Å². The van der Waals surface area contributed by atoms with Gasteiger partial charge in [-0.3, -0.25) is 4.98 Å². The lowest BCUT2D eigenvalue weighted by atomic mass is 10.2. The van der Waals surface area contributed by atoms with Crippen LogP contribution in [0.5, 0.6) is 0 Å². The highest BCUT2D eigenvalue weighted by molar-refractivity contribution is 9.10. The first kappa shape index (κ1) is 13.9. The van der Waals surface area contributed by atoms with Gasteiger partial charge < -0.3 is 0 Å². The van der Waals surface area contributed by atoms with Gasteiger partial charge in [0.05, 0.1) is 24.1 Å². The van der Waals surface area contributed by atoms with E-state index in [1.54, 1.807) is 12.4 Å². The average molecular weight is 335 g/mol. The van der Waals surface area contributed by atoms with Gasteiger partial charge in [-0.05, 0) is 28.8 Å². The highest BCUT2D eigenvalue weighted by Gasteiger charge is 2.37. The summed E-state index contributed by atoms with van der Waals surface area (Å²) < 4.78 is 27.7. The van der Waals surface area contributed by atoms with Crippen LogP contribution in [-0.2, 0) is 10.2 Å². The molecule has 0 bridgehead atoms. The van der Waals surface area contributed by atoms with Gasteiger partial charge in [0, 0.05) is 20.6 Å². The molecule has 1 fully saturated rings. The molecule has 2 heterocycles. The van der Waals surface area contributed by atoms with Crippen molar-refractivity contribution in [3.63, 3.8) is 0 Å². The average Bonchev–Trinajstić information content (AvgIpc) is 2.79. The summed E-state index contributed by atoms with van der Waals surface area (Å²) in [6.07, 6.45) is 4.84. The first-order valence-corrected chi connectivity index (χ1v) is 7.78. The topological polar surface area (TPSA) is 66.4 Å². The third-order valence-corrected chi connectivity index (χ3v) is 5.31. The van der Waals surface area contributed by atoms with Gasteiger partial charge in [-0.25, -0.2) is 4.98 Å². The van der Waals surface area contributed by atoms with E-state index in [0.717, 1.165) is 12.8 Å². The monoisotopic (exact) mass is 334 g/mol. The number of hydrogen-bond donors (Lipinski definition) is 0. The number of nitrogens with zero attached hydrogens (tertiary/aromatic N) is 4. The van der Waals surface area contributed by atoms with Crippen LogP contribution in [0.3, 0.4) is 0 Å². The van der Waals surface area contributed by atoms with Crippen molar-refractivity contribution in [2.24, 2.45) is 0 Å². The largest absolute Gasteiger partial charge is 0.282 e. The van der Waals surface area contributed by atoms with E-state index in [0.29, 0.717) is 16.8 Å². The van der Waals surface area contributed by atoms with Crippen molar-refractivity contribution < 1.29 is 8.42 Å². The zero-order chi connectivity index (χ0) is 13.3. The Labute approximate surface area is 115 Å². The van der Waals surface area contributed by atoms with Crippen LogP contribution in [0.15, 0.2) is 17.0 Å². The van der Waals surface area contributed by atoms with Crippen LogP contribution >= 0.6 is 15.9 Å². The molecule has 2 rings (SSSR count). The summed E-state index contributed by atoms with van der Waals surface area (Å²) >= 11 is 3.22. The third kappa shape index (κ3) is 2.56. The van der Waals surface area contributed by atoms with Crippen molar-refractivity contribution in [2.75, 3.05) is 20.6 Å². The maximum Gasteiger partial charge on any atom is 0.282 e. The molecule has 8 heteroatoms. The Bertz CT molecular complexity index is 517. The molecule has 0 N–H and O–H groups in total. The van der Waals surface area contributed by atoms with Crippen LogP contribution in [0, 0.1) is 0 Å². The maximum atomic E-state index is 12.2. The molecule has 0 saturated carbocycles. The Morgan fingerprint density at radius 2 is 2.11 bits per heavy atom. The molecule has 0 spiro atoms. The number of rotatable bonds is 3. The molecular formula is C10H15BrN4O2S. The van der Waals surface area contributed by atoms with E-state index in [4.69, 9.17) is 0 Å². The molecule has 1 aliphatic heterocycles. The molecule has 1 saturated heterocycles. The Morgan fingerprint density at radius 1 is 1.39 bits per heavy atom. The van der Waals surface area contributed by atoms with Crippen LogP contribution in [0.25, 0.3) is 0 Å². The molecule has 1 aliphatic rings. The highest BCUT2D eigenvalue weighted by atomic mass is 79.9. The number of halogens is 1. The Balaban J connectivity index is 2.31. The first-order chi connectivity index (χ1) is 8.43. The predicted molar refractivity (Wildman–Crippen MR) is 71.0 cm³/mol. The minimum absolute atomic E-state index is 0.210. The molecule has 6 nitrogen and oxygen atoms in total. The zero-order valence-corrected chi connectivity index (χ0v) is 12.6. The van der Waals surface area contributed by atoms with Crippen LogP contribution in [0.2, 0.25) is 0 Å². The maximum absolute atomic E-state index is 12.2. The molecule has 0 unspecified atom stereocenters. The van der Waals surface area contributed by atoms with Crippen LogP contribution in [-0.4, -0.2) is 47.6 Å². The second-order valence-electron chi connectivity index (χ2n) is 4.32. The van der Waals surface area contributed by atoms with Crippen molar-refractivity contribution in [3.8, 4) is 0 Å². The molecule has 0 aromatic carbocycles. The Hall–Kier alpha value is -0.570. The summed E-state index contributed by atoms with van der Waals surface area (Å²) in [7, 11) is -0.318. The highest BCUT2D eigenvalue weighted by Crippen LogP contribution is 2.33. The quantitative estimate of drug-likeness (QED) is 0.832. The SMILES string of the molecule is CN(C)S(=O)(=O)N1CCC[C@@H]1c1cnc(Br)cn1. The van der Waals surface area contributed by atoms with Gasteiger partial charge in [-0.2, -0.15) is 17.0 Å². The molecule has 0 amide bonds. The van der Waals surface area contributed by atoms with Gasteiger partial charge in [0.25, 0.3) is 10.2 Å². The minimum Gasteiger partial charge on any atom is -0.255 e. The summed E-state index contributed by atoms with van der Waals surface area (Å²) in [6, 6.07) is -0.210. The van der Waals surface area contributed by atoms with E-state index in [2.05, 4.69) is 25.9 Å². The Morgan fingerprint density at radius 3 is 2.67 bits per heavy atom. The van der Waals surface area contributed by atoms with Gasteiger partial charge in [-0.15, -0.1) is 0 Å². The van der Waals surface area contributed by atoms with Gasteiger partial charge >= 0.3 is 0 Å². The van der Waals surface area contributed by atoms with Crippen LogP contribution < -0.4 is 0 Å². The second-order valence-corrected chi connectivity index (χ2v) is 7.23. The normalized spacial score (nSPS) is 21.7. The van der Waals surface area contributed by atoms with Crippen molar-refractivity contribution in [1.82, 2.24) is 18.6 Å². The number of hydrogen-bond acceptors (Lipinski definition) is 4. The fourth-order valence-electron chi connectivity index (χ4n) is 2.02. The van der Waals surface area contributed by atoms with E-state index in [1.165, 1.54) is 22.7 Å². The Kier molecular flexibility index (Phi) is 4.00. The van der Waals surface area contributed by atoms with Gasteiger partial charge in [-0.1, -0.05) is 0 Å².